The van der Waals surface area contributed by atoms with Gasteiger partial charge in [0.25, 0.3) is 0 Å². The van der Waals surface area contributed by atoms with E-state index in [2.05, 4.69) is 64.1 Å². The van der Waals surface area contributed by atoms with Gasteiger partial charge in [0.15, 0.2) is 0 Å². The summed E-state index contributed by atoms with van der Waals surface area (Å²) in [7, 11) is 0. The lowest BCUT2D eigenvalue weighted by atomic mass is 9.82. The predicted octanol–water partition coefficient (Wildman–Crippen LogP) is 6.66. The van der Waals surface area contributed by atoms with Crippen LogP contribution in [0.4, 0.5) is 0 Å². The molecule has 0 amide bonds. The van der Waals surface area contributed by atoms with Crippen molar-refractivity contribution in [2.75, 3.05) is 0 Å². The maximum absolute atomic E-state index is 2.33. The summed E-state index contributed by atoms with van der Waals surface area (Å²) < 4.78 is 0. The van der Waals surface area contributed by atoms with E-state index in [4.69, 9.17) is 0 Å². The van der Waals surface area contributed by atoms with Gasteiger partial charge in [-0.05, 0) is 47.2 Å². The molecular formula is C21H30. The predicted molar refractivity (Wildman–Crippen MR) is 96.2 cm³/mol. The summed E-state index contributed by atoms with van der Waals surface area (Å²) in [4.78, 5) is 0. The number of rotatable bonds is 0. The summed E-state index contributed by atoms with van der Waals surface area (Å²) in [5.74, 6) is 0. The summed E-state index contributed by atoms with van der Waals surface area (Å²) >= 11 is 0. The van der Waals surface area contributed by atoms with Crippen LogP contribution in [0.1, 0.15) is 63.8 Å². The van der Waals surface area contributed by atoms with Gasteiger partial charge in [-0.15, -0.1) is 0 Å². The quantitative estimate of drug-likeness (QED) is 0.506. The minimum atomic E-state index is 0.143. The third-order valence-corrected chi connectivity index (χ3v) is 4.28. The number of fused-ring (bicyclic) bond motifs is 3. The normalized spacial score (nSPS) is 13.1. The van der Waals surface area contributed by atoms with Crippen molar-refractivity contribution < 1.29 is 0 Å². The highest BCUT2D eigenvalue weighted by Crippen LogP contribution is 2.50. The Morgan fingerprint density at radius 2 is 1.29 bits per heavy atom. The molecular weight excluding hydrogens is 252 g/mol. The van der Waals surface area contributed by atoms with Crippen LogP contribution in [0.3, 0.4) is 0 Å². The highest BCUT2D eigenvalue weighted by Gasteiger charge is 2.35. The van der Waals surface area contributed by atoms with E-state index in [1.54, 1.807) is 0 Å². The van der Waals surface area contributed by atoms with Crippen molar-refractivity contribution in [3.8, 4) is 11.1 Å². The molecule has 0 saturated heterocycles. The Labute approximate surface area is 131 Å². The zero-order valence-corrected chi connectivity index (χ0v) is 15.0. The van der Waals surface area contributed by atoms with E-state index in [0.717, 1.165) is 0 Å². The second-order valence-electron chi connectivity index (χ2n) is 5.60. The second-order valence-corrected chi connectivity index (χ2v) is 5.60. The minimum absolute atomic E-state index is 0.143. The van der Waals surface area contributed by atoms with Crippen LogP contribution < -0.4 is 0 Å². The molecule has 0 aromatic heterocycles. The standard InChI is InChI=1S/C17H18.2C2H6/c1-11-9-10-15-16(12(11)2)13-7-5-6-8-14(13)17(15,3)4;2*1-2/h5-10H,1-4H3;2*1-2H3. The van der Waals surface area contributed by atoms with Crippen molar-refractivity contribution in [2.24, 2.45) is 0 Å². The average molecular weight is 282 g/mol. The Kier molecular flexibility index (Phi) is 5.78. The molecule has 0 nitrogen and oxygen atoms in total. The van der Waals surface area contributed by atoms with Crippen molar-refractivity contribution in [2.45, 2.75) is 60.8 Å². The Bertz CT molecular complexity index is 603. The SMILES string of the molecule is CC.CC.Cc1ccc2c(c1C)-c1ccccc1C2(C)C. The zero-order chi connectivity index (χ0) is 16.2. The van der Waals surface area contributed by atoms with Gasteiger partial charge < -0.3 is 0 Å². The van der Waals surface area contributed by atoms with Crippen LogP contribution in [0, 0.1) is 13.8 Å². The van der Waals surface area contributed by atoms with Gasteiger partial charge in [0.1, 0.15) is 0 Å². The third-order valence-electron chi connectivity index (χ3n) is 4.28. The van der Waals surface area contributed by atoms with Gasteiger partial charge >= 0.3 is 0 Å². The molecule has 1 aliphatic carbocycles. The molecule has 0 spiro atoms. The van der Waals surface area contributed by atoms with E-state index in [0.29, 0.717) is 0 Å². The fourth-order valence-electron chi connectivity index (χ4n) is 3.07. The fraction of sp³-hybridized carbons (Fsp3) is 0.429. The van der Waals surface area contributed by atoms with Crippen LogP contribution in [0.5, 0.6) is 0 Å². The second kappa shape index (κ2) is 6.93. The molecule has 0 radical (unpaired) electrons. The van der Waals surface area contributed by atoms with E-state index in [1.807, 2.05) is 27.7 Å². The Morgan fingerprint density at radius 3 is 1.90 bits per heavy atom. The van der Waals surface area contributed by atoms with Gasteiger partial charge in [-0.1, -0.05) is 77.9 Å². The lowest BCUT2D eigenvalue weighted by Crippen LogP contribution is -2.14. The average Bonchev–Trinajstić information content (AvgIpc) is 2.76. The van der Waals surface area contributed by atoms with E-state index in [-0.39, 0.29) is 5.41 Å². The van der Waals surface area contributed by atoms with Crippen LogP contribution in [-0.2, 0) is 5.41 Å². The highest BCUT2D eigenvalue weighted by atomic mass is 14.4. The van der Waals surface area contributed by atoms with Crippen LogP contribution in [0.15, 0.2) is 36.4 Å². The molecule has 0 unspecified atom stereocenters. The largest absolute Gasteiger partial charge is 0.0683 e. The fourth-order valence-corrected chi connectivity index (χ4v) is 3.07. The number of hydrogen-bond donors (Lipinski definition) is 0. The summed E-state index contributed by atoms with van der Waals surface area (Å²) in [5.41, 5.74) is 8.78. The lowest BCUT2D eigenvalue weighted by molar-refractivity contribution is 0.660. The molecule has 0 fully saturated rings. The summed E-state index contributed by atoms with van der Waals surface area (Å²) in [5, 5.41) is 0. The van der Waals surface area contributed by atoms with Gasteiger partial charge in [0.2, 0.25) is 0 Å². The van der Waals surface area contributed by atoms with Crippen molar-refractivity contribution in [3.05, 3.63) is 58.7 Å². The molecule has 0 saturated carbocycles. The molecule has 0 N–H and O–H groups in total. The monoisotopic (exact) mass is 282 g/mol. The topological polar surface area (TPSA) is 0 Å². The lowest BCUT2D eigenvalue weighted by Gasteiger charge is -2.21. The molecule has 3 rings (SSSR count). The first kappa shape index (κ1) is 17.5. The van der Waals surface area contributed by atoms with Crippen LogP contribution in [0.2, 0.25) is 0 Å². The van der Waals surface area contributed by atoms with Gasteiger partial charge in [-0.2, -0.15) is 0 Å². The summed E-state index contributed by atoms with van der Waals surface area (Å²) in [6.45, 7) is 17.1. The molecule has 0 heteroatoms. The van der Waals surface area contributed by atoms with Crippen LogP contribution in [0.25, 0.3) is 11.1 Å². The smallest absolute Gasteiger partial charge is 0.0158 e. The Balaban J connectivity index is 0.000000510. The third kappa shape index (κ3) is 2.77. The molecule has 0 heterocycles. The first-order valence-corrected chi connectivity index (χ1v) is 8.24. The molecule has 0 aliphatic heterocycles. The highest BCUT2D eigenvalue weighted by molar-refractivity contribution is 5.83. The van der Waals surface area contributed by atoms with Crippen molar-refractivity contribution >= 4 is 0 Å². The number of aryl methyl sites for hydroxylation is 1. The van der Waals surface area contributed by atoms with Gasteiger partial charge in [0, 0.05) is 5.41 Å². The maximum atomic E-state index is 2.33. The zero-order valence-electron chi connectivity index (χ0n) is 15.0. The van der Waals surface area contributed by atoms with Crippen molar-refractivity contribution in [1.82, 2.24) is 0 Å². The van der Waals surface area contributed by atoms with Gasteiger partial charge in [-0.3, -0.25) is 0 Å². The molecule has 114 valence electrons. The maximum Gasteiger partial charge on any atom is 0.0158 e. The van der Waals surface area contributed by atoms with E-state index >= 15 is 0 Å². The minimum Gasteiger partial charge on any atom is -0.0683 e. The van der Waals surface area contributed by atoms with Gasteiger partial charge in [0.05, 0.1) is 0 Å². The molecule has 21 heavy (non-hydrogen) atoms. The Morgan fingerprint density at radius 1 is 0.714 bits per heavy atom. The van der Waals surface area contributed by atoms with Crippen LogP contribution >= 0.6 is 0 Å². The first-order chi connectivity index (χ1) is 10.0. The van der Waals surface area contributed by atoms with Gasteiger partial charge in [-0.25, -0.2) is 0 Å². The number of hydrogen-bond acceptors (Lipinski definition) is 0. The van der Waals surface area contributed by atoms with Crippen molar-refractivity contribution in [3.63, 3.8) is 0 Å². The summed E-state index contributed by atoms with van der Waals surface area (Å²) in [6.07, 6.45) is 0. The van der Waals surface area contributed by atoms with E-state index in [9.17, 15) is 0 Å². The molecule has 0 bridgehead atoms. The molecule has 2 aromatic rings. The Hall–Kier alpha value is -1.56. The molecule has 0 atom stereocenters. The van der Waals surface area contributed by atoms with E-state index in [1.165, 1.54) is 33.4 Å². The van der Waals surface area contributed by atoms with E-state index < -0.39 is 0 Å². The molecule has 2 aromatic carbocycles. The number of benzene rings is 2. The summed E-state index contributed by atoms with van der Waals surface area (Å²) in [6, 6.07) is 13.4. The van der Waals surface area contributed by atoms with Crippen molar-refractivity contribution in [1.29, 1.82) is 0 Å². The van der Waals surface area contributed by atoms with Crippen LogP contribution in [-0.4, -0.2) is 0 Å². The molecule has 1 aliphatic rings. The first-order valence-electron chi connectivity index (χ1n) is 8.24.